The largest absolute Gasteiger partial charge is 0.467 e. The van der Waals surface area contributed by atoms with Crippen molar-refractivity contribution >= 4 is 11.9 Å². The van der Waals surface area contributed by atoms with E-state index in [1.807, 2.05) is 0 Å². The van der Waals surface area contributed by atoms with Crippen molar-refractivity contribution in [3.05, 3.63) is 0 Å². The summed E-state index contributed by atoms with van der Waals surface area (Å²) in [7, 11) is 3.36. The summed E-state index contributed by atoms with van der Waals surface area (Å²) in [6.07, 6.45) is 3.68. The molecule has 18 heavy (non-hydrogen) atoms. The van der Waals surface area contributed by atoms with E-state index in [4.69, 9.17) is 4.74 Å². The number of piperidine rings is 1. The molecular weight excluding hydrogens is 230 g/mol. The molecule has 0 unspecified atom stereocenters. The molecule has 0 spiro atoms. The summed E-state index contributed by atoms with van der Waals surface area (Å²) in [6.45, 7) is 4.27. The number of nitrogens with one attached hydrogen (secondary N) is 1. The molecule has 0 atom stereocenters. The fraction of sp³-hybridized carbons (Fsp3) is 0.750. The Labute approximate surface area is 108 Å². The highest BCUT2D eigenvalue weighted by atomic mass is 16.5. The second kappa shape index (κ2) is 5.84. The molecule has 0 aromatic carbocycles. The lowest BCUT2D eigenvalue weighted by Gasteiger charge is -2.31. The third-order valence-electron chi connectivity index (χ3n) is 3.48. The zero-order valence-corrected chi connectivity index (χ0v) is 11.3. The second-order valence-electron chi connectivity index (χ2n) is 4.53. The van der Waals surface area contributed by atoms with E-state index < -0.39 is 0 Å². The zero-order chi connectivity index (χ0) is 13.0. The summed E-state index contributed by atoms with van der Waals surface area (Å²) in [5, 5.41) is 2.93. The molecule has 6 heteroatoms. The molecule has 1 aliphatic rings. The van der Waals surface area contributed by atoms with Gasteiger partial charge in [0.15, 0.2) is 0 Å². The number of methoxy groups -OCH3 is 1. The number of anilines is 2. The van der Waals surface area contributed by atoms with Crippen LogP contribution in [0.15, 0.2) is 0 Å². The third kappa shape index (κ3) is 2.80. The number of hydrogen-bond acceptors (Lipinski definition) is 6. The first-order valence-electron chi connectivity index (χ1n) is 6.49. The van der Waals surface area contributed by atoms with Crippen molar-refractivity contribution in [1.82, 2.24) is 15.0 Å². The van der Waals surface area contributed by atoms with Gasteiger partial charge in [-0.1, -0.05) is 13.3 Å². The van der Waals surface area contributed by atoms with E-state index in [2.05, 4.69) is 32.1 Å². The minimum absolute atomic E-state index is 0.363. The van der Waals surface area contributed by atoms with Gasteiger partial charge in [-0.05, 0) is 18.8 Å². The quantitative estimate of drug-likeness (QED) is 0.876. The lowest BCUT2D eigenvalue weighted by Crippen LogP contribution is -2.35. The average molecular weight is 251 g/mol. The van der Waals surface area contributed by atoms with Crippen LogP contribution >= 0.6 is 0 Å². The second-order valence-corrected chi connectivity index (χ2v) is 4.53. The molecule has 2 rings (SSSR count). The van der Waals surface area contributed by atoms with Crippen molar-refractivity contribution < 1.29 is 4.74 Å². The number of nitrogens with zero attached hydrogens (tertiary/aromatic N) is 4. The number of aromatic nitrogens is 3. The highest BCUT2D eigenvalue weighted by Crippen LogP contribution is 2.24. The molecule has 0 radical (unpaired) electrons. The maximum absolute atomic E-state index is 5.10. The van der Waals surface area contributed by atoms with Crippen LogP contribution in [0.1, 0.15) is 26.2 Å². The molecule has 0 aliphatic carbocycles. The molecule has 1 N–H and O–H groups in total. The van der Waals surface area contributed by atoms with E-state index in [0.717, 1.165) is 19.0 Å². The highest BCUT2D eigenvalue weighted by molar-refractivity contribution is 5.38. The fourth-order valence-corrected chi connectivity index (χ4v) is 2.23. The van der Waals surface area contributed by atoms with Crippen LogP contribution in [0.3, 0.4) is 0 Å². The number of rotatable bonds is 4. The molecule has 1 aliphatic heterocycles. The van der Waals surface area contributed by atoms with Gasteiger partial charge in [0.05, 0.1) is 7.11 Å². The Morgan fingerprint density at radius 2 is 2.00 bits per heavy atom. The van der Waals surface area contributed by atoms with Gasteiger partial charge in [-0.25, -0.2) is 0 Å². The van der Waals surface area contributed by atoms with Crippen LogP contribution < -0.4 is 15.0 Å². The van der Waals surface area contributed by atoms with Gasteiger partial charge in [-0.2, -0.15) is 15.0 Å². The van der Waals surface area contributed by atoms with Crippen molar-refractivity contribution in [1.29, 1.82) is 0 Å². The van der Waals surface area contributed by atoms with E-state index in [0.29, 0.717) is 17.9 Å². The fourth-order valence-electron chi connectivity index (χ4n) is 2.23. The zero-order valence-electron chi connectivity index (χ0n) is 11.3. The van der Waals surface area contributed by atoms with Crippen molar-refractivity contribution in [2.24, 2.45) is 5.92 Å². The number of ether oxygens (including phenoxy) is 1. The lowest BCUT2D eigenvalue weighted by atomic mass is 9.95. The van der Waals surface area contributed by atoms with E-state index >= 15 is 0 Å². The van der Waals surface area contributed by atoms with Crippen LogP contribution in [0.5, 0.6) is 6.01 Å². The van der Waals surface area contributed by atoms with Crippen LogP contribution in [0.25, 0.3) is 0 Å². The molecule has 0 saturated carbocycles. The summed E-state index contributed by atoms with van der Waals surface area (Å²) in [5.41, 5.74) is 0. The van der Waals surface area contributed by atoms with Gasteiger partial charge in [-0.3, -0.25) is 0 Å². The van der Waals surface area contributed by atoms with Gasteiger partial charge < -0.3 is 15.0 Å². The molecule has 0 bridgehead atoms. The normalized spacial score (nSPS) is 16.7. The molecular formula is C12H21N5O. The summed E-state index contributed by atoms with van der Waals surface area (Å²) in [6, 6.07) is 0.363. The summed E-state index contributed by atoms with van der Waals surface area (Å²) in [4.78, 5) is 15.0. The van der Waals surface area contributed by atoms with Crippen molar-refractivity contribution in [3.63, 3.8) is 0 Å². The maximum atomic E-state index is 5.10. The standard InChI is InChI=1S/C12H21N5O/c1-4-9-5-7-17(8-6-9)11-14-10(13-2)15-12(16-11)18-3/h9H,4-8H2,1-3H3,(H,13,14,15,16). The van der Waals surface area contributed by atoms with E-state index in [1.165, 1.54) is 19.3 Å². The Hall–Kier alpha value is -1.59. The first-order chi connectivity index (χ1) is 8.76. The Balaban J connectivity index is 2.13. The first kappa shape index (κ1) is 12.9. The topological polar surface area (TPSA) is 63.2 Å². The van der Waals surface area contributed by atoms with Crippen LogP contribution in [-0.4, -0.2) is 42.2 Å². The van der Waals surface area contributed by atoms with Gasteiger partial charge in [0, 0.05) is 20.1 Å². The van der Waals surface area contributed by atoms with Gasteiger partial charge in [0.1, 0.15) is 0 Å². The Kier molecular flexibility index (Phi) is 4.17. The summed E-state index contributed by atoms with van der Waals surface area (Å²) < 4.78 is 5.10. The average Bonchev–Trinajstić information content (AvgIpc) is 2.46. The Morgan fingerprint density at radius 3 is 2.56 bits per heavy atom. The minimum atomic E-state index is 0.363. The molecule has 100 valence electrons. The van der Waals surface area contributed by atoms with Crippen molar-refractivity contribution in [2.45, 2.75) is 26.2 Å². The molecule has 6 nitrogen and oxygen atoms in total. The molecule has 2 heterocycles. The Bertz CT molecular complexity index is 368. The van der Waals surface area contributed by atoms with Crippen molar-refractivity contribution in [2.75, 3.05) is 37.5 Å². The predicted octanol–water partition coefficient (Wildman–Crippen LogP) is 1.55. The van der Waals surface area contributed by atoms with Crippen LogP contribution in [0.2, 0.25) is 0 Å². The highest BCUT2D eigenvalue weighted by Gasteiger charge is 2.21. The van der Waals surface area contributed by atoms with Crippen LogP contribution in [0.4, 0.5) is 11.9 Å². The van der Waals surface area contributed by atoms with Gasteiger partial charge >= 0.3 is 6.01 Å². The summed E-state index contributed by atoms with van der Waals surface area (Å²) in [5.74, 6) is 2.10. The van der Waals surface area contributed by atoms with E-state index in [-0.39, 0.29) is 0 Å². The SMILES string of the molecule is CCC1CCN(c2nc(NC)nc(OC)n2)CC1. The van der Waals surface area contributed by atoms with Crippen LogP contribution in [-0.2, 0) is 0 Å². The molecule has 1 saturated heterocycles. The van der Waals surface area contributed by atoms with Crippen LogP contribution in [0, 0.1) is 5.92 Å². The Morgan fingerprint density at radius 1 is 1.28 bits per heavy atom. The van der Waals surface area contributed by atoms with E-state index in [1.54, 1.807) is 14.2 Å². The smallest absolute Gasteiger partial charge is 0.322 e. The van der Waals surface area contributed by atoms with E-state index in [9.17, 15) is 0 Å². The lowest BCUT2D eigenvalue weighted by molar-refractivity contribution is 0.372. The number of hydrogen-bond donors (Lipinski definition) is 1. The molecule has 1 aromatic rings. The predicted molar refractivity (Wildman–Crippen MR) is 71.2 cm³/mol. The summed E-state index contributed by atoms with van der Waals surface area (Å²) >= 11 is 0. The molecule has 0 amide bonds. The minimum Gasteiger partial charge on any atom is -0.467 e. The molecule has 1 fully saturated rings. The third-order valence-corrected chi connectivity index (χ3v) is 3.48. The first-order valence-corrected chi connectivity index (χ1v) is 6.49. The van der Waals surface area contributed by atoms with Gasteiger partial charge in [0.2, 0.25) is 11.9 Å². The monoisotopic (exact) mass is 251 g/mol. The maximum Gasteiger partial charge on any atom is 0.322 e. The van der Waals surface area contributed by atoms with Crippen molar-refractivity contribution in [3.8, 4) is 6.01 Å². The van der Waals surface area contributed by atoms with Gasteiger partial charge in [0.25, 0.3) is 0 Å². The molecule has 1 aromatic heterocycles. The van der Waals surface area contributed by atoms with Gasteiger partial charge in [-0.15, -0.1) is 0 Å².